The number of carbonyl (C=O) groups is 2. The quantitative estimate of drug-likeness (QED) is 0.817. The van der Waals surface area contributed by atoms with Crippen molar-refractivity contribution in [2.24, 2.45) is 5.73 Å². The Morgan fingerprint density at radius 1 is 1.62 bits per heavy atom. The van der Waals surface area contributed by atoms with Crippen molar-refractivity contribution in [3.63, 3.8) is 0 Å². The van der Waals surface area contributed by atoms with Gasteiger partial charge in [-0.15, -0.1) is 11.3 Å². The van der Waals surface area contributed by atoms with Gasteiger partial charge in [0.05, 0.1) is 0 Å². The standard InChI is InChI=1S/C10H13NO4S/c1-3-6(9(11)12)15-7-4-5(2)16-8(7)10(13)14/h4,6H,3H2,1-2H3,(H2,11,12)(H,13,14). The number of ether oxygens (including phenoxy) is 1. The van der Waals surface area contributed by atoms with Crippen LogP contribution in [0.15, 0.2) is 6.07 Å². The Morgan fingerprint density at radius 3 is 2.69 bits per heavy atom. The van der Waals surface area contributed by atoms with Crippen LogP contribution in [0.25, 0.3) is 0 Å². The summed E-state index contributed by atoms with van der Waals surface area (Å²) in [5.74, 6) is -1.45. The molecule has 1 rings (SSSR count). The number of carboxylic acids is 1. The summed E-state index contributed by atoms with van der Waals surface area (Å²) in [5.41, 5.74) is 5.12. The number of carbonyl (C=O) groups excluding carboxylic acids is 1. The normalized spacial score (nSPS) is 12.1. The van der Waals surface area contributed by atoms with Gasteiger partial charge in [-0.25, -0.2) is 4.79 Å². The van der Waals surface area contributed by atoms with Gasteiger partial charge in [0.2, 0.25) is 0 Å². The van der Waals surface area contributed by atoms with Gasteiger partial charge in [-0.3, -0.25) is 4.79 Å². The van der Waals surface area contributed by atoms with Crippen LogP contribution in [0.2, 0.25) is 0 Å². The highest BCUT2D eigenvalue weighted by atomic mass is 32.1. The second kappa shape index (κ2) is 4.98. The Labute approximate surface area is 96.8 Å². The highest BCUT2D eigenvalue weighted by Crippen LogP contribution is 2.29. The maximum atomic E-state index is 11.0. The fourth-order valence-corrected chi connectivity index (χ4v) is 2.01. The van der Waals surface area contributed by atoms with Crippen LogP contribution in [-0.4, -0.2) is 23.1 Å². The van der Waals surface area contributed by atoms with Crippen molar-refractivity contribution in [1.29, 1.82) is 0 Å². The minimum absolute atomic E-state index is 0.0946. The van der Waals surface area contributed by atoms with E-state index >= 15 is 0 Å². The number of amides is 1. The molecule has 1 unspecified atom stereocenters. The molecule has 0 saturated heterocycles. The lowest BCUT2D eigenvalue weighted by atomic mass is 10.2. The Morgan fingerprint density at radius 2 is 2.25 bits per heavy atom. The molecule has 5 nitrogen and oxygen atoms in total. The largest absolute Gasteiger partial charge is 0.479 e. The van der Waals surface area contributed by atoms with E-state index in [1.54, 1.807) is 19.9 Å². The number of primary amides is 1. The van der Waals surface area contributed by atoms with Crippen LogP contribution in [0.1, 0.15) is 27.9 Å². The van der Waals surface area contributed by atoms with Gasteiger partial charge in [-0.2, -0.15) is 0 Å². The molecule has 1 aromatic rings. The second-order valence-electron chi connectivity index (χ2n) is 3.27. The van der Waals surface area contributed by atoms with Crippen molar-refractivity contribution in [1.82, 2.24) is 0 Å². The maximum absolute atomic E-state index is 11.0. The molecule has 1 atom stereocenters. The van der Waals surface area contributed by atoms with Crippen LogP contribution >= 0.6 is 11.3 Å². The third-order valence-corrected chi connectivity index (χ3v) is 2.99. The molecule has 0 spiro atoms. The first kappa shape index (κ1) is 12.5. The van der Waals surface area contributed by atoms with Crippen LogP contribution in [0.5, 0.6) is 5.75 Å². The molecule has 6 heteroatoms. The van der Waals surface area contributed by atoms with Crippen molar-refractivity contribution >= 4 is 23.2 Å². The van der Waals surface area contributed by atoms with Gasteiger partial charge in [0.15, 0.2) is 11.0 Å². The van der Waals surface area contributed by atoms with Gasteiger partial charge in [-0.1, -0.05) is 6.92 Å². The van der Waals surface area contributed by atoms with Crippen molar-refractivity contribution in [3.05, 3.63) is 15.8 Å². The molecule has 0 saturated carbocycles. The van der Waals surface area contributed by atoms with E-state index in [9.17, 15) is 9.59 Å². The average molecular weight is 243 g/mol. The third-order valence-electron chi connectivity index (χ3n) is 1.97. The van der Waals surface area contributed by atoms with E-state index in [0.717, 1.165) is 16.2 Å². The predicted molar refractivity (Wildman–Crippen MR) is 59.9 cm³/mol. The van der Waals surface area contributed by atoms with Crippen LogP contribution in [0.3, 0.4) is 0 Å². The molecular weight excluding hydrogens is 230 g/mol. The monoisotopic (exact) mass is 243 g/mol. The van der Waals surface area contributed by atoms with E-state index in [2.05, 4.69) is 0 Å². The fraction of sp³-hybridized carbons (Fsp3) is 0.400. The SMILES string of the molecule is CCC(Oc1cc(C)sc1C(=O)O)C(N)=O. The van der Waals surface area contributed by atoms with Gasteiger partial charge in [0.25, 0.3) is 5.91 Å². The number of aryl methyl sites for hydroxylation is 1. The molecule has 0 aliphatic rings. The number of hydrogen-bond acceptors (Lipinski definition) is 4. The van der Waals surface area contributed by atoms with E-state index in [1.165, 1.54) is 0 Å². The molecule has 1 amide bonds. The molecular formula is C10H13NO4S. The first-order chi connectivity index (χ1) is 7.45. The molecule has 0 fully saturated rings. The van der Waals surface area contributed by atoms with Gasteiger partial charge >= 0.3 is 5.97 Å². The molecule has 0 aromatic carbocycles. The number of hydrogen-bond donors (Lipinski definition) is 2. The number of carboxylic acid groups (broad SMARTS) is 1. The summed E-state index contributed by atoms with van der Waals surface area (Å²) in [4.78, 5) is 22.8. The third kappa shape index (κ3) is 2.73. The van der Waals surface area contributed by atoms with Crippen LogP contribution in [0, 0.1) is 6.92 Å². The zero-order chi connectivity index (χ0) is 12.3. The fourth-order valence-electron chi connectivity index (χ4n) is 1.22. The topological polar surface area (TPSA) is 89.6 Å². The Hall–Kier alpha value is -1.56. The number of nitrogens with two attached hydrogens (primary N) is 1. The molecule has 0 aliphatic carbocycles. The Balaban J connectivity index is 2.95. The summed E-state index contributed by atoms with van der Waals surface area (Å²) in [7, 11) is 0. The summed E-state index contributed by atoms with van der Waals surface area (Å²) in [6.07, 6.45) is -0.379. The minimum atomic E-state index is -1.06. The smallest absolute Gasteiger partial charge is 0.349 e. The summed E-state index contributed by atoms with van der Waals surface area (Å²) >= 11 is 1.11. The van der Waals surface area contributed by atoms with E-state index in [0.29, 0.717) is 6.42 Å². The molecule has 0 bridgehead atoms. The van der Waals surface area contributed by atoms with Crippen molar-refractivity contribution in [2.75, 3.05) is 0 Å². The number of rotatable bonds is 5. The van der Waals surface area contributed by atoms with Crippen molar-refractivity contribution < 1.29 is 19.4 Å². The zero-order valence-corrected chi connectivity index (χ0v) is 9.84. The summed E-state index contributed by atoms with van der Waals surface area (Å²) in [6.45, 7) is 3.52. The van der Waals surface area contributed by atoms with Gasteiger partial charge < -0.3 is 15.6 Å². The molecule has 0 aliphatic heterocycles. The number of aromatic carboxylic acids is 1. The van der Waals surface area contributed by atoms with E-state index in [1.807, 2.05) is 0 Å². The van der Waals surface area contributed by atoms with Crippen LogP contribution in [0.4, 0.5) is 0 Å². The summed E-state index contributed by atoms with van der Waals surface area (Å²) in [5, 5.41) is 8.92. The first-order valence-electron chi connectivity index (χ1n) is 4.75. The molecule has 16 heavy (non-hydrogen) atoms. The molecule has 1 heterocycles. The minimum Gasteiger partial charge on any atom is -0.479 e. The predicted octanol–water partition coefficient (Wildman–Crippen LogP) is 1.40. The molecule has 88 valence electrons. The van der Waals surface area contributed by atoms with Gasteiger partial charge in [-0.05, 0) is 19.4 Å². The lowest BCUT2D eigenvalue weighted by Crippen LogP contribution is -2.33. The zero-order valence-electron chi connectivity index (χ0n) is 9.02. The highest BCUT2D eigenvalue weighted by molar-refractivity contribution is 7.14. The van der Waals surface area contributed by atoms with E-state index < -0.39 is 18.0 Å². The molecule has 1 aromatic heterocycles. The maximum Gasteiger partial charge on any atom is 0.349 e. The Bertz CT molecular complexity index is 413. The van der Waals surface area contributed by atoms with E-state index in [4.69, 9.17) is 15.6 Å². The van der Waals surface area contributed by atoms with Crippen LogP contribution in [-0.2, 0) is 4.79 Å². The first-order valence-corrected chi connectivity index (χ1v) is 5.57. The summed E-state index contributed by atoms with van der Waals surface area (Å²) < 4.78 is 5.29. The summed E-state index contributed by atoms with van der Waals surface area (Å²) in [6, 6.07) is 1.60. The lowest BCUT2D eigenvalue weighted by Gasteiger charge is -2.13. The van der Waals surface area contributed by atoms with Crippen molar-refractivity contribution in [3.8, 4) is 5.75 Å². The molecule has 0 radical (unpaired) electrons. The Kier molecular flexibility index (Phi) is 3.89. The van der Waals surface area contributed by atoms with Crippen LogP contribution < -0.4 is 10.5 Å². The number of thiophene rings is 1. The van der Waals surface area contributed by atoms with Crippen molar-refractivity contribution in [2.45, 2.75) is 26.4 Å². The lowest BCUT2D eigenvalue weighted by molar-refractivity contribution is -0.124. The highest BCUT2D eigenvalue weighted by Gasteiger charge is 2.21. The average Bonchev–Trinajstić information content (AvgIpc) is 2.55. The van der Waals surface area contributed by atoms with Gasteiger partial charge in [0.1, 0.15) is 5.75 Å². The van der Waals surface area contributed by atoms with E-state index in [-0.39, 0.29) is 10.6 Å². The molecule has 3 N–H and O–H groups in total. The van der Waals surface area contributed by atoms with Gasteiger partial charge in [0, 0.05) is 4.88 Å². The second-order valence-corrected chi connectivity index (χ2v) is 4.53.